The number of halogens is 2. The van der Waals surface area contributed by atoms with Gasteiger partial charge in [-0.05, 0) is 25.0 Å². The van der Waals surface area contributed by atoms with E-state index in [2.05, 4.69) is 10.3 Å². The maximum Gasteiger partial charge on any atom is 0.261 e. The summed E-state index contributed by atoms with van der Waals surface area (Å²) in [5.74, 6) is -3.06. The van der Waals surface area contributed by atoms with Crippen LogP contribution in [0.3, 0.4) is 0 Å². The van der Waals surface area contributed by atoms with E-state index in [-0.39, 0.29) is 18.9 Å². The fraction of sp³-hybridized carbons (Fsp3) is 0.600. The quantitative estimate of drug-likeness (QED) is 0.904. The zero-order valence-corrected chi connectivity index (χ0v) is 12.0. The molecule has 21 heavy (non-hydrogen) atoms. The number of carbonyl (C=O) groups excluding carboxylic acids is 1. The highest BCUT2D eigenvalue weighted by Gasteiger charge is 2.54. The Labute approximate surface area is 122 Å². The molecule has 0 unspecified atom stereocenters. The fourth-order valence-corrected chi connectivity index (χ4v) is 3.46. The molecule has 2 saturated heterocycles. The Morgan fingerprint density at radius 1 is 1.43 bits per heavy atom. The molecule has 2 aliphatic heterocycles. The topological polar surface area (TPSA) is 45.2 Å². The van der Waals surface area contributed by atoms with Crippen LogP contribution in [0.15, 0.2) is 18.3 Å². The van der Waals surface area contributed by atoms with E-state index in [0.29, 0.717) is 26.1 Å². The lowest BCUT2D eigenvalue weighted by atomic mass is 9.77. The number of aryl methyl sites for hydroxylation is 1. The molecule has 1 spiro atoms. The van der Waals surface area contributed by atoms with Crippen LogP contribution in [-0.4, -0.2) is 41.3 Å². The van der Waals surface area contributed by atoms with Gasteiger partial charge in [-0.1, -0.05) is 6.07 Å². The highest BCUT2D eigenvalue weighted by molar-refractivity contribution is 5.85. The van der Waals surface area contributed by atoms with E-state index in [0.717, 1.165) is 11.3 Å². The first-order chi connectivity index (χ1) is 9.90. The number of alkyl halides is 2. The minimum atomic E-state index is -2.83. The Morgan fingerprint density at radius 3 is 2.90 bits per heavy atom. The molecule has 1 amide bonds. The number of aromatic nitrogens is 1. The molecule has 3 heterocycles. The van der Waals surface area contributed by atoms with E-state index in [1.54, 1.807) is 11.1 Å². The smallest absolute Gasteiger partial charge is 0.261 e. The lowest BCUT2D eigenvalue weighted by molar-refractivity contribution is -0.149. The summed E-state index contributed by atoms with van der Waals surface area (Å²) in [6.07, 6.45) is 1.81. The van der Waals surface area contributed by atoms with Gasteiger partial charge in [0, 0.05) is 32.3 Å². The van der Waals surface area contributed by atoms with Gasteiger partial charge in [0.05, 0.1) is 17.7 Å². The maximum absolute atomic E-state index is 14.1. The van der Waals surface area contributed by atoms with Crippen molar-refractivity contribution in [2.24, 2.45) is 5.41 Å². The number of hydrogen-bond acceptors (Lipinski definition) is 3. The van der Waals surface area contributed by atoms with Crippen LogP contribution in [0.2, 0.25) is 0 Å². The van der Waals surface area contributed by atoms with Gasteiger partial charge >= 0.3 is 0 Å². The molecule has 4 nitrogen and oxygen atoms in total. The van der Waals surface area contributed by atoms with Crippen LogP contribution < -0.4 is 5.32 Å². The Bertz CT molecular complexity index is 564. The summed E-state index contributed by atoms with van der Waals surface area (Å²) in [4.78, 5) is 18.0. The van der Waals surface area contributed by atoms with Gasteiger partial charge in [-0.15, -0.1) is 0 Å². The van der Waals surface area contributed by atoms with Crippen molar-refractivity contribution in [2.45, 2.75) is 32.2 Å². The first-order valence-electron chi connectivity index (χ1n) is 7.19. The molecule has 0 radical (unpaired) electrons. The molecule has 1 aromatic heterocycles. The monoisotopic (exact) mass is 295 g/mol. The highest BCUT2D eigenvalue weighted by Crippen LogP contribution is 2.43. The van der Waals surface area contributed by atoms with Crippen molar-refractivity contribution >= 4 is 5.91 Å². The fourth-order valence-electron chi connectivity index (χ4n) is 3.46. The van der Waals surface area contributed by atoms with Gasteiger partial charge in [-0.25, -0.2) is 8.78 Å². The zero-order chi connectivity index (χ0) is 15.1. The van der Waals surface area contributed by atoms with Gasteiger partial charge in [-0.2, -0.15) is 0 Å². The van der Waals surface area contributed by atoms with Gasteiger partial charge in [-0.3, -0.25) is 14.7 Å². The molecular formula is C15H19F2N3O. The van der Waals surface area contributed by atoms with Gasteiger partial charge in [0.15, 0.2) is 0 Å². The van der Waals surface area contributed by atoms with Crippen LogP contribution in [0.5, 0.6) is 0 Å². The zero-order valence-electron chi connectivity index (χ0n) is 12.0. The second kappa shape index (κ2) is 5.02. The van der Waals surface area contributed by atoms with Crippen molar-refractivity contribution in [1.29, 1.82) is 0 Å². The Balaban J connectivity index is 1.82. The van der Waals surface area contributed by atoms with E-state index >= 15 is 0 Å². The molecule has 0 bridgehead atoms. The number of likely N-dealkylation sites (tertiary alicyclic amines) is 1. The molecule has 0 saturated carbocycles. The predicted molar refractivity (Wildman–Crippen MR) is 73.9 cm³/mol. The third-order valence-corrected chi connectivity index (χ3v) is 4.44. The number of carbonyl (C=O) groups is 1. The summed E-state index contributed by atoms with van der Waals surface area (Å²) >= 11 is 0. The number of rotatable bonds is 2. The van der Waals surface area contributed by atoms with Crippen molar-refractivity contribution in [3.63, 3.8) is 0 Å². The molecule has 114 valence electrons. The lowest BCUT2D eigenvalue weighted by Gasteiger charge is -2.42. The van der Waals surface area contributed by atoms with Crippen molar-refractivity contribution in [3.05, 3.63) is 29.6 Å². The predicted octanol–water partition coefficient (Wildman–Crippen LogP) is 1.74. The van der Waals surface area contributed by atoms with Crippen LogP contribution in [0.25, 0.3) is 0 Å². The third kappa shape index (κ3) is 2.77. The van der Waals surface area contributed by atoms with Crippen LogP contribution in [0.1, 0.15) is 24.1 Å². The van der Waals surface area contributed by atoms with E-state index in [4.69, 9.17) is 0 Å². The lowest BCUT2D eigenvalue weighted by Crippen LogP contribution is -2.55. The molecule has 0 aromatic carbocycles. The summed E-state index contributed by atoms with van der Waals surface area (Å²) in [6.45, 7) is 2.84. The second-order valence-corrected chi connectivity index (χ2v) is 6.23. The molecule has 3 rings (SSSR count). The summed E-state index contributed by atoms with van der Waals surface area (Å²) in [5, 5.41) is 2.70. The molecule has 2 fully saturated rings. The molecule has 1 N–H and O–H groups in total. The molecule has 6 heteroatoms. The number of pyridine rings is 1. The number of nitrogens with one attached hydrogen (secondary N) is 1. The average Bonchev–Trinajstić information content (AvgIpc) is 2.71. The third-order valence-electron chi connectivity index (χ3n) is 4.44. The normalized spacial score (nSPS) is 28.8. The van der Waals surface area contributed by atoms with E-state index in [9.17, 15) is 13.6 Å². The largest absolute Gasteiger partial charge is 0.356 e. The molecular weight excluding hydrogens is 276 g/mol. The number of piperidine rings is 1. The molecule has 2 aliphatic rings. The van der Waals surface area contributed by atoms with Crippen molar-refractivity contribution in [2.75, 3.05) is 19.6 Å². The van der Waals surface area contributed by atoms with Crippen LogP contribution in [-0.2, 0) is 11.3 Å². The van der Waals surface area contributed by atoms with Gasteiger partial charge < -0.3 is 5.32 Å². The minimum Gasteiger partial charge on any atom is -0.356 e. The van der Waals surface area contributed by atoms with Gasteiger partial charge in [0.1, 0.15) is 0 Å². The minimum absolute atomic E-state index is 0.232. The Hall–Kier alpha value is -1.56. The summed E-state index contributed by atoms with van der Waals surface area (Å²) in [5.41, 5.74) is 0.838. The summed E-state index contributed by atoms with van der Waals surface area (Å²) in [6, 6.07) is 3.75. The van der Waals surface area contributed by atoms with Gasteiger partial charge in [0.25, 0.3) is 5.92 Å². The van der Waals surface area contributed by atoms with Crippen molar-refractivity contribution < 1.29 is 13.6 Å². The van der Waals surface area contributed by atoms with E-state index in [1.165, 1.54) is 0 Å². The standard InChI is InChI=1S/C15H19F2N3O/c1-11-3-2-5-18-12(11)7-20-9-14(4-6-19-13(14)21)8-15(16,17)10-20/h2-3,5H,4,6-10H2,1H3,(H,19,21)/t14-/m0/s1. The second-order valence-electron chi connectivity index (χ2n) is 6.23. The SMILES string of the molecule is Cc1cccnc1CN1CC(F)(F)C[C@@]2(CCNC2=O)C1. The van der Waals surface area contributed by atoms with E-state index < -0.39 is 11.3 Å². The van der Waals surface area contributed by atoms with Crippen molar-refractivity contribution in [3.8, 4) is 0 Å². The first-order valence-corrected chi connectivity index (χ1v) is 7.19. The maximum atomic E-state index is 14.1. The average molecular weight is 295 g/mol. The van der Waals surface area contributed by atoms with Crippen LogP contribution in [0, 0.1) is 12.3 Å². The van der Waals surface area contributed by atoms with Crippen LogP contribution >= 0.6 is 0 Å². The summed E-state index contributed by atoms with van der Waals surface area (Å²) in [7, 11) is 0. The van der Waals surface area contributed by atoms with Crippen LogP contribution in [0.4, 0.5) is 8.78 Å². The van der Waals surface area contributed by atoms with E-state index in [1.807, 2.05) is 19.1 Å². The Kier molecular flexibility index (Phi) is 3.43. The number of hydrogen-bond donors (Lipinski definition) is 1. The molecule has 0 aliphatic carbocycles. The number of amides is 1. The van der Waals surface area contributed by atoms with Crippen molar-refractivity contribution in [1.82, 2.24) is 15.2 Å². The Morgan fingerprint density at radius 2 is 2.24 bits per heavy atom. The molecule has 1 atom stereocenters. The first kappa shape index (κ1) is 14.4. The number of nitrogens with zero attached hydrogens (tertiary/aromatic N) is 2. The highest BCUT2D eigenvalue weighted by atomic mass is 19.3. The summed E-state index contributed by atoms with van der Waals surface area (Å²) < 4.78 is 28.2. The van der Waals surface area contributed by atoms with Gasteiger partial charge in [0.2, 0.25) is 5.91 Å². The molecule has 1 aromatic rings.